The number of hydrogen-bond acceptors (Lipinski definition) is 4. The van der Waals surface area contributed by atoms with Gasteiger partial charge >= 0.3 is 0 Å². The lowest BCUT2D eigenvalue weighted by atomic mass is 9.62. The molecule has 0 saturated carbocycles. The van der Waals surface area contributed by atoms with E-state index in [1.165, 1.54) is 5.56 Å². The van der Waals surface area contributed by atoms with Gasteiger partial charge in [-0.1, -0.05) is 30.3 Å². The summed E-state index contributed by atoms with van der Waals surface area (Å²) in [7, 11) is 1.94. The molecule has 1 aromatic carbocycles. The number of thiazole rings is 1. The van der Waals surface area contributed by atoms with Crippen molar-refractivity contribution in [3.8, 4) is 0 Å². The Balaban J connectivity index is 1.49. The Morgan fingerprint density at radius 1 is 1.26 bits per heavy atom. The lowest BCUT2D eigenvalue weighted by molar-refractivity contribution is -0.176. The van der Waals surface area contributed by atoms with Crippen LogP contribution in [0.5, 0.6) is 0 Å². The lowest BCUT2D eigenvalue weighted by Crippen LogP contribution is -2.64. The molecule has 1 atom stereocenters. The van der Waals surface area contributed by atoms with Gasteiger partial charge < -0.3 is 4.90 Å². The molecule has 0 bridgehead atoms. The van der Waals surface area contributed by atoms with E-state index in [1.54, 1.807) is 11.3 Å². The van der Waals surface area contributed by atoms with Gasteiger partial charge in [0.25, 0.3) is 0 Å². The topological polar surface area (TPSA) is 36.4 Å². The average molecular weight is 327 g/mol. The van der Waals surface area contributed by atoms with Crippen LogP contribution in [0, 0.1) is 5.41 Å². The van der Waals surface area contributed by atoms with E-state index in [2.05, 4.69) is 34.1 Å². The molecular formula is C18H21N3OS. The highest BCUT2D eigenvalue weighted by Crippen LogP contribution is 2.55. The predicted octanol–water partition coefficient (Wildman–Crippen LogP) is 2.94. The maximum Gasteiger partial charge on any atom is 0.231 e. The molecule has 120 valence electrons. The molecule has 4 nitrogen and oxygen atoms in total. The van der Waals surface area contributed by atoms with Crippen molar-refractivity contribution in [2.24, 2.45) is 5.41 Å². The molecule has 5 heteroatoms. The SMILES string of the molecule is CN1C(=O)C2(CCN(Cc3nccs3)CC2)C1c1ccccc1. The van der Waals surface area contributed by atoms with Crippen LogP contribution in [-0.4, -0.2) is 40.8 Å². The second-order valence-electron chi connectivity index (χ2n) is 6.59. The highest BCUT2D eigenvalue weighted by molar-refractivity contribution is 7.09. The largest absolute Gasteiger partial charge is 0.337 e. The molecule has 23 heavy (non-hydrogen) atoms. The van der Waals surface area contributed by atoms with Gasteiger partial charge in [-0.25, -0.2) is 4.98 Å². The quantitative estimate of drug-likeness (QED) is 0.813. The third-order valence-corrected chi connectivity index (χ3v) is 6.13. The first-order valence-electron chi connectivity index (χ1n) is 8.14. The second kappa shape index (κ2) is 5.73. The summed E-state index contributed by atoms with van der Waals surface area (Å²) in [5.41, 5.74) is 1.08. The first kappa shape index (κ1) is 14.8. The molecule has 2 fully saturated rings. The third kappa shape index (κ3) is 2.39. The summed E-state index contributed by atoms with van der Waals surface area (Å²) >= 11 is 1.71. The Hall–Kier alpha value is -1.72. The summed E-state index contributed by atoms with van der Waals surface area (Å²) in [5, 5.41) is 3.19. The monoisotopic (exact) mass is 327 g/mol. The summed E-state index contributed by atoms with van der Waals surface area (Å²) in [5.74, 6) is 0.320. The first-order valence-corrected chi connectivity index (χ1v) is 9.02. The fourth-order valence-electron chi connectivity index (χ4n) is 4.19. The lowest BCUT2D eigenvalue weighted by Gasteiger charge is -2.58. The van der Waals surface area contributed by atoms with Crippen LogP contribution in [0.4, 0.5) is 0 Å². The summed E-state index contributed by atoms with van der Waals surface area (Å²) in [6.45, 7) is 2.86. The van der Waals surface area contributed by atoms with Gasteiger partial charge in [-0.3, -0.25) is 9.69 Å². The number of likely N-dealkylation sites (tertiary alicyclic amines) is 2. The van der Waals surface area contributed by atoms with E-state index in [1.807, 2.05) is 29.6 Å². The molecule has 2 saturated heterocycles. The number of carbonyl (C=O) groups is 1. The summed E-state index contributed by atoms with van der Waals surface area (Å²) in [6.07, 6.45) is 3.75. The normalized spacial score (nSPS) is 24.0. The minimum Gasteiger partial charge on any atom is -0.337 e. The number of benzene rings is 1. The van der Waals surface area contributed by atoms with Gasteiger partial charge in [0.05, 0.1) is 18.0 Å². The van der Waals surface area contributed by atoms with E-state index in [-0.39, 0.29) is 11.5 Å². The minimum absolute atomic E-state index is 0.185. The van der Waals surface area contributed by atoms with Gasteiger partial charge in [-0.15, -0.1) is 11.3 Å². The van der Waals surface area contributed by atoms with Crippen molar-refractivity contribution in [3.63, 3.8) is 0 Å². The highest BCUT2D eigenvalue weighted by Gasteiger charge is 2.59. The predicted molar refractivity (Wildman–Crippen MR) is 91.0 cm³/mol. The Morgan fingerprint density at radius 3 is 2.65 bits per heavy atom. The van der Waals surface area contributed by atoms with Crippen molar-refractivity contribution >= 4 is 17.2 Å². The Morgan fingerprint density at radius 2 is 2.00 bits per heavy atom. The number of nitrogens with zero attached hydrogens (tertiary/aromatic N) is 3. The fraction of sp³-hybridized carbons (Fsp3) is 0.444. The van der Waals surface area contributed by atoms with Gasteiger partial charge in [0.1, 0.15) is 5.01 Å². The molecular weight excluding hydrogens is 306 g/mol. The molecule has 2 aliphatic rings. The molecule has 1 unspecified atom stereocenters. The summed E-state index contributed by atoms with van der Waals surface area (Å²) < 4.78 is 0. The number of carbonyl (C=O) groups excluding carboxylic acids is 1. The molecule has 0 N–H and O–H groups in total. The zero-order chi connectivity index (χ0) is 15.9. The maximum absolute atomic E-state index is 12.6. The van der Waals surface area contributed by atoms with E-state index < -0.39 is 0 Å². The number of rotatable bonds is 3. The Bertz CT molecular complexity index is 678. The van der Waals surface area contributed by atoms with E-state index in [0.29, 0.717) is 5.91 Å². The molecule has 0 aliphatic carbocycles. The van der Waals surface area contributed by atoms with E-state index in [4.69, 9.17) is 0 Å². The van der Waals surface area contributed by atoms with Gasteiger partial charge in [0, 0.05) is 18.6 Å². The number of β-lactam (4-membered cyclic amide) rings is 1. The molecule has 1 aromatic heterocycles. The van der Waals surface area contributed by atoms with E-state index in [0.717, 1.165) is 37.5 Å². The summed E-state index contributed by atoms with van der Waals surface area (Å²) in [4.78, 5) is 21.4. The van der Waals surface area contributed by atoms with Crippen molar-refractivity contribution < 1.29 is 4.79 Å². The van der Waals surface area contributed by atoms with Crippen LogP contribution in [0.3, 0.4) is 0 Å². The molecule has 3 heterocycles. The molecule has 4 rings (SSSR count). The van der Waals surface area contributed by atoms with Crippen LogP contribution in [0.25, 0.3) is 0 Å². The maximum atomic E-state index is 12.6. The van der Waals surface area contributed by atoms with Gasteiger partial charge in [-0.05, 0) is 31.5 Å². The van der Waals surface area contributed by atoms with Crippen molar-refractivity contribution in [2.75, 3.05) is 20.1 Å². The Kier molecular flexibility index (Phi) is 3.70. The van der Waals surface area contributed by atoms with E-state index in [9.17, 15) is 4.79 Å². The van der Waals surface area contributed by atoms with Crippen LogP contribution in [0.2, 0.25) is 0 Å². The number of piperidine rings is 1. The molecule has 2 aliphatic heterocycles. The zero-order valence-electron chi connectivity index (χ0n) is 13.3. The molecule has 2 aromatic rings. The average Bonchev–Trinajstić information content (AvgIpc) is 3.10. The van der Waals surface area contributed by atoms with Crippen LogP contribution >= 0.6 is 11.3 Å². The smallest absolute Gasteiger partial charge is 0.231 e. The standard InChI is InChI=1S/C18H21N3OS/c1-20-16(14-5-3-2-4-6-14)18(17(20)22)7-10-21(11-8-18)13-15-19-9-12-23-15/h2-6,9,12,16H,7-8,10-11,13H2,1H3. The van der Waals surface area contributed by atoms with Crippen molar-refractivity contribution in [3.05, 3.63) is 52.5 Å². The van der Waals surface area contributed by atoms with Crippen LogP contribution in [0.15, 0.2) is 41.9 Å². The Labute approximate surface area is 140 Å². The van der Waals surface area contributed by atoms with Gasteiger partial charge in [-0.2, -0.15) is 0 Å². The van der Waals surface area contributed by atoms with Crippen LogP contribution < -0.4 is 0 Å². The third-order valence-electron chi connectivity index (χ3n) is 5.36. The molecule has 1 amide bonds. The zero-order valence-corrected chi connectivity index (χ0v) is 14.1. The first-order chi connectivity index (χ1) is 11.2. The highest BCUT2D eigenvalue weighted by atomic mass is 32.1. The minimum atomic E-state index is -0.185. The number of hydrogen-bond donors (Lipinski definition) is 0. The van der Waals surface area contributed by atoms with Crippen LogP contribution in [-0.2, 0) is 11.3 Å². The molecule has 1 spiro atoms. The van der Waals surface area contributed by atoms with Crippen molar-refractivity contribution in [1.29, 1.82) is 0 Å². The van der Waals surface area contributed by atoms with E-state index >= 15 is 0 Å². The second-order valence-corrected chi connectivity index (χ2v) is 7.57. The van der Waals surface area contributed by atoms with Crippen molar-refractivity contribution in [2.45, 2.75) is 25.4 Å². The van der Waals surface area contributed by atoms with Crippen LogP contribution in [0.1, 0.15) is 29.5 Å². The number of aromatic nitrogens is 1. The van der Waals surface area contributed by atoms with Crippen molar-refractivity contribution in [1.82, 2.24) is 14.8 Å². The molecule has 0 radical (unpaired) electrons. The van der Waals surface area contributed by atoms with Gasteiger partial charge in [0.2, 0.25) is 5.91 Å². The fourth-order valence-corrected chi connectivity index (χ4v) is 4.85. The van der Waals surface area contributed by atoms with Gasteiger partial charge in [0.15, 0.2) is 0 Å². The number of amides is 1. The summed E-state index contributed by atoms with van der Waals surface area (Å²) in [6, 6.07) is 10.7.